The number of aromatic nitrogens is 3. The van der Waals surface area contributed by atoms with Crippen molar-refractivity contribution < 1.29 is 19.0 Å². The Hall–Kier alpha value is -2.69. The normalized spacial score (nSPS) is 14.9. The number of carbonyl (C=O) groups excluding carboxylic acids is 1. The van der Waals surface area contributed by atoms with Crippen molar-refractivity contribution in [2.45, 2.75) is 26.4 Å². The summed E-state index contributed by atoms with van der Waals surface area (Å²) in [6.45, 7) is 9.65. The average molecular weight is 518 g/mol. The minimum atomic E-state index is -0.644. The van der Waals surface area contributed by atoms with Crippen molar-refractivity contribution in [1.29, 1.82) is 0 Å². The summed E-state index contributed by atoms with van der Waals surface area (Å²) in [5, 5.41) is 4.43. The molecule has 0 atom stereocenters. The summed E-state index contributed by atoms with van der Waals surface area (Å²) >= 11 is 3.50. The molecule has 1 saturated heterocycles. The van der Waals surface area contributed by atoms with Crippen LogP contribution in [0, 0.1) is 0 Å². The molecule has 1 aliphatic heterocycles. The van der Waals surface area contributed by atoms with E-state index in [9.17, 15) is 4.79 Å². The Kier molecular flexibility index (Phi) is 7.16. The minimum absolute atomic E-state index is 0.352. The largest absolute Gasteiger partial charge is 0.443 e. The molecule has 176 valence electrons. The van der Waals surface area contributed by atoms with E-state index in [-0.39, 0.29) is 0 Å². The van der Waals surface area contributed by atoms with Crippen LogP contribution in [0.4, 0.5) is 10.6 Å². The second-order valence-electron chi connectivity index (χ2n) is 8.68. The second-order valence-corrected chi connectivity index (χ2v) is 9.54. The number of nitrogens with zero attached hydrogens (tertiary/aromatic N) is 5. The summed E-state index contributed by atoms with van der Waals surface area (Å²) in [4.78, 5) is 21.7. The summed E-state index contributed by atoms with van der Waals surface area (Å²) in [5.41, 5.74) is -0.104. The molecular weight excluding hydrogens is 490 g/mol. The van der Waals surface area contributed by atoms with Gasteiger partial charge in [-0.3, -0.25) is 9.80 Å². The van der Waals surface area contributed by atoms with Gasteiger partial charge < -0.3 is 14.2 Å². The molecule has 4 rings (SSSR count). The van der Waals surface area contributed by atoms with Crippen molar-refractivity contribution in [3.8, 4) is 11.6 Å². The third-order valence-corrected chi connectivity index (χ3v) is 5.55. The maximum atomic E-state index is 13.3. The van der Waals surface area contributed by atoms with Gasteiger partial charge in [0.05, 0.1) is 23.9 Å². The Labute approximate surface area is 201 Å². The molecule has 2 aromatic heterocycles. The molecule has 1 amide bonds. The lowest BCUT2D eigenvalue weighted by atomic mass is 10.2. The Morgan fingerprint density at radius 1 is 1.21 bits per heavy atom. The van der Waals surface area contributed by atoms with Gasteiger partial charge in [0.1, 0.15) is 17.2 Å². The van der Waals surface area contributed by atoms with Crippen LogP contribution in [0.15, 0.2) is 47.1 Å². The number of morpholine rings is 1. The highest BCUT2D eigenvalue weighted by Crippen LogP contribution is 2.29. The molecule has 3 heterocycles. The van der Waals surface area contributed by atoms with Crippen molar-refractivity contribution in [3.05, 3.63) is 47.1 Å². The predicted molar refractivity (Wildman–Crippen MR) is 128 cm³/mol. The van der Waals surface area contributed by atoms with Gasteiger partial charge in [-0.2, -0.15) is 14.6 Å². The molecular formula is C23H28BrN5O4. The standard InChI is InChI=1S/C23H28BrN5O4/c1-23(2,3)33-22(30)28(10-9-27-11-13-31-14-12-27)20-15-19(32-17-7-5-4-6-8-17)26-21-18(24)16-25-29(20)21/h4-8,15-16H,9-14H2,1-3H3. The van der Waals surface area contributed by atoms with Crippen LogP contribution >= 0.6 is 15.9 Å². The monoisotopic (exact) mass is 517 g/mol. The van der Waals surface area contributed by atoms with Gasteiger partial charge in [0, 0.05) is 32.2 Å². The molecule has 9 nitrogen and oxygen atoms in total. The summed E-state index contributed by atoms with van der Waals surface area (Å²) in [5.74, 6) is 1.51. The molecule has 0 saturated carbocycles. The molecule has 0 bridgehead atoms. The lowest BCUT2D eigenvalue weighted by molar-refractivity contribution is 0.0374. The molecule has 0 aliphatic carbocycles. The van der Waals surface area contributed by atoms with Gasteiger partial charge in [0.25, 0.3) is 0 Å². The van der Waals surface area contributed by atoms with Crippen molar-refractivity contribution in [2.75, 3.05) is 44.3 Å². The fraction of sp³-hybridized carbons (Fsp3) is 0.435. The van der Waals surface area contributed by atoms with E-state index in [0.29, 0.717) is 53.9 Å². The number of rotatable bonds is 6. The minimum Gasteiger partial charge on any atom is -0.443 e. The Bertz CT molecular complexity index is 1090. The third-order valence-electron chi connectivity index (χ3n) is 4.99. The van der Waals surface area contributed by atoms with E-state index in [1.54, 1.807) is 21.7 Å². The topological polar surface area (TPSA) is 81.4 Å². The molecule has 0 spiro atoms. The molecule has 10 heteroatoms. The van der Waals surface area contributed by atoms with Gasteiger partial charge in [-0.25, -0.2) is 4.79 Å². The third kappa shape index (κ3) is 6.01. The smallest absolute Gasteiger partial charge is 0.416 e. The van der Waals surface area contributed by atoms with E-state index < -0.39 is 11.7 Å². The van der Waals surface area contributed by atoms with Crippen molar-refractivity contribution in [1.82, 2.24) is 19.5 Å². The molecule has 3 aromatic rings. The first-order valence-corrected chi connectivity index (χ1v) is 11.7. The number of anilines is 1. The van der Waals surface area contributed by atoms with E-state index in [4.69, 9.17) is 14.2 Å². The van der Waals surface area contributed by atoms with Gasteiger partial charge in [-0.05, 0) is 48.8 Å². The van der Waals surface area contributed by atoms with E-state index in [2.05, 4.69) is 30.9 Å². The first-order chi connectivity index (χ1) is 15.8. The van der Waals surface area contributed by atoms with Crippen molar-refractivity contribution in [3.63, 3.8) is 0 Å². The van der Waals surface area contributed by atoms with Crippen molar-refractivity contribution in [2.24, 2.45) is 0 Å². The summed E-state index contributed by atoms with van der Waals surface area (Å²) in [6.07, 6.45) is 1.19. The molecule has 0 radical (unpaired) electrons. The zero-order chi connectivity index (χ0) is 23.4. The highest BCUT2D eigenvalue weighted by molar-refractivity contribution is 9.10. The SMILES string of the molecule is CC(C)(C)OC(=O)N(CCN1CCOCC1)c1cc(Oc2ccccc2)nc2c(Br)cnn12. The van der Waals surface area contributed by atoms with E-state index in [1.165, 1.54) is 0 Å². The van der Waals surface area contributed by atoms with Crippen LogP contribution in [0.5, 0.6) is 11.6 Å². The number of carbonyl (C=O) groups is 1. The fourth-order valence-corrected chi connectivity index (χ4v) is 3.78. The number of ether oxygens (including phenoxy) is 3. The number of para-hydroxylation sites is 1. The summed E-state index contributed by atoms with van der Waals surface area (Å²) in [6, 6.07) is 11.1. The van der Waals surface area contributed by atoms with E-state index in [0.717, 1.165) is 13.1 Å². The molecule has 1 aromatic carbocycles. The predicted octanol–water partition coefficient (Wildman–Crippen LogP) is 4.36. The molecule has 0 N–H and O–H groups in total. The first-order valence-electron chi connectivity index (χ1n) is 10.9. The average Bonchev–Trinajstić information content (AvgIpc) is 3.15. The molecule has 1 fully saturated rings. The fourth-order valence-electron chi connectivity index (χ4n) is 3.44. The van der Waals surface area contributed by atoms with E-state index in [1.807, 2.05) is 51.1 Å². The van der Waals surface area contributed by atoms with Crippen LogP contribution in [-0.4, -0.2) is 70.6 Å². The van der Waals surface area contributed by atoms with E-state index >= 15 is 0 Å². The Morgan fingerprint density at radius 2 is 1.94 bits per heavy atom. The zero-order valence-corrected chi connectivity index (χ0v) is 20.6. The van der Waals surface area contributed by atoms with Crippen LogP contribution < -0.4 is 9.64 Å². The van der Waals surface area contributed by atoms with Gasteiger partial charge in [0.2, 0.25) is 5.88 Å². The maximum Gasteiger partial charge on any atom is 0.416 e. The van der Waals surface area contributed by atoms with Crippen molar-refractivity contribution >= 4 is 33.5 Å². The molecule has 1 aliphatic rings. The van der Waals surface area contributed by atoms with Crippen LogP contribution in [-0.2, 0) is 9.47 Å². The number of hydrogen-bond donors (Lipinski definition) is 0. The molecule has 0 unspecified atom stereocenters. The molecule has 33 heavy (non-hydrogen) atoms. The Morgan fingerprint density at radius 3 is 2.64 bits per heavy atom. The quantitative estimate of drug-likeness (QED) is 0.480. The number of hydrogen-bond acceptors (Lipinski definition) is 7. The second kappa shape index (κ2) is 10.1. The first kappa shape index (κ1) is 23.5. The number of fused-ring (bicyclic) bond motifs is 1. The summed E-state index contributed by atoms with van der Waals surface area (Å²) < 4.78 is 19.5. The number of halogens is 1. The van der Waals surface area contributed by atoms with Gasteiger partial charge in [-0.1, -0.05) is 18.2 Å². The lowest BCUT2D eigenvalue weighted by Crippen LogP contribution is -2.45. The van der Waals surface area contributed by atoms with Gasteiger partial charge in [0.15, 0.2) is 5.65 Å². The lowest BCUT2D eigenvalue weighted by Gasteiger charge is -2.31. The van der Waals surface area contributed by atoms with Crippen LogP contribution in [0.1, 0.15) is 20.8 Å². The maximum absolute atomic E-state index is 13.3. The zero-order valence-electron chi connectivity index (χ0n) is 19.0. The van der Waals surface area contributed by atoms with Crippen LogP contribution in [0.25, 0.3) is 5.65 Å². The summed E-state index contributed by atoms with van der Waals surface area (Å²) in [7, 11) is 0. The highest BCUT2D eigenvalue weighted by atomic mass is 79.9. The van der Waals surface area contributed by atoms with Gasteiger partial charge in [-0.15, -0.1) is 0 Å². The van der Waals surface area contributed by atoms with Crippen LogP contribution in [0.3, 0.4) is 0 Å². The number of amides is 1. The number of benzene rings is 1. The highest BCUT2D eigenvalue weighted by Gasteiger charge is 2.27. The Balaban J connectivity index is 1.70. The van der Waals surface area contributed by atoms with Crippen LogP contribution in [0.2, 0.25) is 0 Å². The van der Waals surface area contributed by atoms with Gasteiger partial charge >= 0.3 is 6.09 Å².